The van der Waals surface area contributed by atoms with Gasteiger partial charge in [-0.15, -0.1) is 0 Å². The van der Waals surface area contributed by atoms with Crippen LogP contribution in [-0.2, 0) is 9.53 Å². The molecule has 0 unspecified atom stereocenters. The van der Waals surface area contributed by atoms with Crippen LogP contribution in [0.25, 0.3) is 0 Å². The molecule has 2 aromatic rings. The molecule has 1 aliphatic rings. The average molecular weight is 499 g/mol. The van der Waals surface area contributed by atoms with Crippen LogP contribution in [0.5, 0.6) is 0 Å². The molecule has 29 heavy (non-hydrogen) atoms. The summed E-state index contributed by atoms with van der Waals surface area (Å²) in [5.41, 5.74) is 0.948. The molecule has 2 aromatic carbocycles. The summed E-state index contributed by atoms with van der Waals surface area (Å²) in [6.07, 6.45) is 1.00. The van der Waals surface area contributed by atoms with Gasteiger partial charge >= 0.3 is 5.97 Å². The van der Waals surface area contributed by atoms with Crippen LogP contribution < -0.4 is 0 Å². The number of nitrogens with zero attached hydrogens (tertiary/aromatic N) is 1. The second-order valence-electron chi connectivity index (χ2n) is 6.73. The molecule has 8 heteroatoms. The number of rotatable bonds is 5. The summed E-state index contributed by atoms with van der Waals surface area (Å²) in [4.78, 5) is 38.8. The van der Waals surface area contributed by atoms with Crippen molar-refractivity contribution in [1.29, 1.82) is 0 Å². The molecule has 1 fully saturated rings. The van der Waals surface area contributed by atoms with Crippen LogP contribution in [-0.4, -0.2) is 42.3 Å². The van der Waals surface area contributed by atoms with Gasteiger partial charge in [-0.3, -0.25) is 14.4 Å². The van der Waals surface area contributed by atoms with E-state index in [4.69, 9.17) is 27.9 Å². The molecule has 0 saturated carbocycles. The Kier molecular flexibility index (Phi) is 7.33. The van der Waals surface area contributed by atoms with Crippen LogP contribution in [0.15, 0.2) is 46.9 Å². The second kappa shape index (κ2) is 9.74. The first kappa shape index (κ1) is 21.8. The second-order valence-corrected chi connectivity index (χ2v) is 8.46. The molecule has 1 heterocycles. The maximum absolute atomic E-state index is 12.5. The van der Waals surface area contributed by atoms with Crippen LogP contribution in [0.4, 0.5) is 0 Å². The molecule has 0 radical (unpaired) electrons. The molecule has 0 aromatic heterocycles. The van der Waals surface area contributed by atoms with E-state index in [2.05, 4.69) is 15.9 Å². The van der Waals surface area contributed by atoms with Crippen molar-refractivity contribution in [1.82, 2.24) is 4.90 Å². The number of likely N-dealkylation sites (tertiary alicyclic amines) is 1. The number of hydrogen-bond acceptors (Lipinski definition) is 4. The minimum absolute atomic E-state index is 0.0564. The zero-order valence-electron chi connectivity index (χ0n) is 15.4. The number of carbonyl (C=O) groups is 3. The predicted octanol–water partition coefficient (Wildman–Crippen LogP) is 5.03. The van der Waals surface area contributed by atoms with E-state index in [9.17, 15) is 14.4 Å². The van der Waals surface area contributed by atoms with Crippen LogP contribution in [0, 0.1) is 5.92 Å². The topological polar surface area (TPSA) is 63.7 Å². The summed E-state index contributed by atoms with van der Waals surface area (Å²) >= 11 is 15.1. The number of hydrogen-bond donors (Lipinski definition) is 0. The highest BCUT2D eigenvalue weighted by Crippen LogP contribution is 2.24. The van der Waals surface area contributed by atoms with Gasteiger partial charge < -0.3 is 9.64 Å². The lowest BCUT2D eigenvalue weighted by atomic mass is 9.96. The van der Waals surface area contributed by atoms with Crippen molar-refractivity contribution in [2.75, 3.05) is 19.7 Å². The molecule has 0 aliphatic carbocycles. The largest absolute Gasteiger partial charge is 0.457 e. The molecular formula is C21H18BrCl2NO4. The summed E-state index contributed by atoms with van der Waals surface area (Å²) in [6.45, 7) is 0.583. The fourth-order valence-corrected chi connectivity index (χ4v) is 3.66. The van der Waals surface area contributed by atoms with E-state index in [-0.39, 0.29) is 29.2 Å². The smallest absolute Gasteiger partial charge is 0.309 e. The van der Waals surface area contributed by atoms with Gasteiger partial charge in [0.15, 0.2) is 12.4 Å². The van der Waals surface area contributed by atoms with E-state index in [0.29, 0.717) is 42.1 Å². The van der Waals surface area contributed by atoms with Gasteiger partial charge in [0.1, 0.15) is 0 Å². The minimum atomic E-state index is -0.422. The number of esters is 1. The van der Waals surface area contributed by atoms with E-state index < -0.39 is 5.97 Å². The van der Waals surface area contributed by atoms with E-state index in [1.54, 1.807) is 17.0 Å². The van der Waals surface area contributed by atoms with Crippen molar-refractivity contribution in [2.24, 2.45) is 5.92 Å². The van der Waals surface area contributed by atoms with E-state index in [1.807, 2.05) is 12.1 Å². The number of amides is 1. The highest BCUT2D eigenvalue weighted by Gasteiger charge is 2.29. The van der Waals surface area contributed by atoms with E-state index in [1.165, 1.54) is 18.2 Å². The van der Waals surface area contributed by atoms with Gasteiger partial charge in [0.2, 0.25) is 0 Å². The summed E-state index contributed by atoms with van der Waals surface area (Å²) in [5.74, 6) is -1.15. The number of piperidine rings is 1. The molecule has 0 bridgehead atoms. The lowest BCUT2D eigenvalue weighted by Gasteiger charge is -2.31. The maximum Gasteiger partial charge on any atom is 0.309 e. The molecule has 0 spiro atoms. The molecule has 0 atom stereocenters. The Morgan fingerprint density at radius 1 is 0.966 bits per heavy atom. The normalized spacial score (nSPS) is 14.5. The molecule has 1 amide bonds. The summed E-state index contributed by atoms with van der Waals surface area (Å²) in [6, 6.07) is 11.7. The SMILES string of the molecule is O=C(COC(=O)C1CCN(C(=O)c2ccc(Br)cc2)CC1)c1ccc(Cl)c(Cl)c1. The fraction of sp³-hybridized carbons (Fsp3) is 0.286. The summed E-state index contributed by atoms with van der Waals surface area (Å²) in [7, 11) is 0. The van der Waals surface area contributed by atoms with Crippen LogP contribution >= 0.6 is 39.1 Å². The van der Waals surface area contributed by atoms with E-state index >= 15 is 0 Å². The molecular weight excluding hydrogens is 481 g/mol. The lowest BCUT2D eigenvalue weighted by Crippen LogP contribution is -2.40. The third-order valence-corrected chi connectivity index (χ3v) is 6.06. The molecule has 3 rings (SSSR count). The monoisotopic (exact) mass is 497 g/mol. The third-order valence-electron chi connectivity index (χ3n) is 4.79. The van der Waals surface area contributed by atoms with Crippen molar-refractivity contribution >= 4 is 56.8 Å². The first-order valence-electron chi connectivity index (χ1n) is 9.05. The average Bonchev–Trinajstić information content (AvgIpc) is 2.74. The van der Waals surface area contributed by atoms with Crippen LogP contribution in [0.3, 0.4) is 0 Å². The molecule has 1 saturated heterocycles. The van der Waals surface area contributed by atoms with Gasteiger partial charge in [0.05, 0.1) is 16.0 Å². The van der Waals surface area contributed by atoms with Crippen molar-refractivity contribution < 1.29 is 19.1 Å². The molecule has 0 N–H and O–H groups in total. The van der Waals surface area contributed by atoms with Gasteiger partial charge in [0.25, 0.3) is 5.91 Å². The number of Topliss-reactive ketones (excluding diaryl/α,β-unsaturated/α-hetero) is 1. The Labute approximate surface area is 187 Å². The predicted molar refractivity (Wildman–Crippen MR) is 115 cm³/mol. The van der Waals surface area contributed by atoms with Crippen molar-refractivity contribution in [3.05, 3.63) is 68.1 Å². The Morgan fingerprint density at radius 3 is 2.21 bits per heavy atom. The Hall–Kier alpha value is -1.89. The van der Waals surface area contributed by atoms with Gasteiger partial charge in [-0.2, -0.15) is 0 Å². The highest BCUT2D eigenvalue weighted by molar-refractivity contribution is 9.10. The number of benzene rings is 2. The van der Waals surface area contributed by atoms with Gasteiger partial charge in [-0.25, -0.2) is 0 Å². The lowest BCUT2D eigenvalue weighted by molar-refractivity contribution is -0.148. The van der Waals surface area contributed by atoms with Crippen LogP contribution in [0.1, 0.15) is 33.6 Å². The molecule has 152 valence electrons. The van der Waals surface area contributed by atoms with Crippen molar-refractivity contribution in [3.63, 3.8) is 0 Å². The highest BCUT2D eigenvalue weighted by atomic mass is 79.9. The first-order valence-corrected chi connectivity index (χ1v) is 10.6. The summed E-state index contributed by atoms with van der Waals surface area (Å²) in [5, 5.41) is 0.622. The maximum atomic E-state index is 12.5. The Bertz CT molecular complexity index is 925. The first-order chi connectivity index (χ1) is 13.8. The third kappa shape index (κ3) is 5.59. The van der Waals surface area contributed by atoms with Gasteiger partial charge in [-0.05, 0) is 55.3 Å². The van der Waals surface area contributed by atoms with Gasteiger partial charge in [0, 0.05) is 28.7 Å². The Morgan fingerprint density at radius 2 is 1.59 bits per heavy atom. The van der Waals surface area contributed by atoms with Crippen molar-refractivity contribution in [2.45, 2.75) is 12.8 Å². The number of carbonyl (C=O) groups excluding carboxylic acids is 3. The fourth-order valence-electron chi connectivity index (χ4n) is 3.10. The summed E-state index contributed by atoms with van der Waals surface area (Å²) < 4.78 is 6.10. The number of ether oxygens (including phenoxy) is 1. The number of ketones is 1. The molecule has 1 aliphatic heterocycles. The number of halogens is 3. The van der Waals surface area contributed by atoms with Crippen LogP contribution in [0.2, 0.25) is 10.0 Å². The standard InChI is InChI=1S/C21H18BrCl2NO4/c22-16-4-1-13(2-5-16)20(27)25-9-7-14(8-10-25)21(28)29-12-19(26)15-3-6-17(23)18(24)11-15/h1-6,11,14H,7-10,12H2. The van der Waals surface area contributed by atoms with E-state index in [0.717, 1.165) is 4.47 Å². The quantitative estimate of drug-likeness (QED) is 0.428. The zero-order valence-corrected chi connectivity index (χ0v) is 18.5. The minimum Gasteiger partial charge on any atom is -0.457 e. The van der Waals surface area contributed by atoms with Gasteiger partial charge in [-0.1, -0.05) is 39.1 Å². The Balaban J connectivity index is 1.48. The van der Waals surface area contributed by atoms with Crippen molar-refractivity contribution in [3.8, 4) is 0 Å². The molecule has 5 nitrogen and oxygen atoms in total. The zero-order chi connectivity index (χ0) is 21.0.